The predicted molar refractivity (Wildman–Crippen MR) is 86.5 cm³/mol. The first kappa shape index (κ1) is 16.7. The van der Waals surface area contributed by atoms with Crippen LogP contribution in [0.5, 0.6) is 0 Å². The van der Waals surface area contributed by atoms with Crippen LogP contribution in [0.25, 0.3) is 11.3 Å². The monoisotopic (exact) mass is 315 g/mol. The lowest BCUT2D eigenvalue weighted by atomic mass is 10.2. The third kappa shape index (κ3) is 5.58. The maximum Gasteiger partial charge on any atom is 0.239 e. The summed E-state index contributed by atoms with van der Waals surface area (Å²) < 4.78 is 5.63. The molecule has 0 aliphatic rings. The number of benzene rings is 1. The van der Waals surface area contributed by atoms with Gasteiger partial charge in [-0.1, -0.05) is 30.3 Å². The molecule has 6 nitrogen and oxygen atoms in total. The van der Waals surface area contributed by atoms with Gasteiger partial charge in [-0.2, -0.15) is 0 Å². The lowest BCUT2D eigenvalue weighted by molar-refractivity contribution is -0.126. The Morgan fingerprint density at radius 1 is 1.17 bits per heavy atom. The molecule has 2 rings (SSSR count). The van der Waals surface area contributed by atoms with Crippen molar-refractivity contribution in [1.82, 2.24) is 15.6 Å². The molecule has 1 heterocycles. The number of amides is 2. The van der Waals surface area contributed by atoms with E-state index in [9.17, 15) is 9.59 Å². The fourth-order valence-electron chi connectivity index (χ4n) is 2.02. The minimum Gasteiger partial charge on any atom is -0.441 e. The van der Waals surface area contributed by atoms with Crippen LogP contribution in [0.4, 0.5) is 0 Å². The van der Waals surface area contributed by atoms with Crippen molar-refractivity contribution < 1.29 is 14.0 Å². The van der Waals surface area contributed by atoms with Crippen LogP contribution in [-0.4, -0.2) is 29.4 Å². The van der Waals surface area contributed by atoms with Gasteiger partial charge in [0.05, 0.1) is 12.7 Å². The third-order valence-electron chi connectivity index (χ3n) is 3.07. The number of oxazole rings is 1. The van der Waals surface area contributed by atoms with Gasteiger partial charge in [0.25, 0.3) is 0 Å². The topological polar surface area (TPSA) is 84.2 Å². The summed E-state index contributed by atoms with van der Waals surface area (Å²) in [4.78, 5) is 27.3. The Labute approximate surface area is 135 Å². The maximum atomic E-state index is 11.7. The first-order chi connectivity index (χ1) is 11.0. The van der Waals surface area contributed by atoms with E-state index in [-0.39, 0.29) is 30.8 Å². The molecule has 0 saturated carbocycles. The Hall–Kier alpha value is -2.63. The molecule has 2 aromatic rings. The number of carbonyl (C=O) groups is 2. The second kappa shape index (κ2) is 8.12. The number of rotatable bonds is 7. The number of aryl methyl sites for hydroxylation is 1. The smallest absolute Gasteiger partial charge is 0.239 e. The molecule has 0 aliphatic heterocycles. The molecule has 1 aromatic heterocycles. The SMILES string of the molecule is CC(C)NC(=O)CNC(=O)CCc1ncc(-c2ccccc2)o1. The highest BCUT2D eigenvalue weighted by Crippen LogP contribution is 2.20. The molecule has 6 heteroatoms. The van der Waals surface area contributed by atoms with E-state index in [2.05, 4.69) is 15.6 Å². The van der Waals surface area contributed by atoms with Gasteiger partial charge in [-0.3, -0.25) is 9.59 Å². The third-order valence-corrected chi connectivity index (χ3v) is 3.07. The van der Waals surface area contributed by atoms with Crippen LogP contribution in [0.15, 0.2) is 40.9 Å². The van der Waals surface area contributed by atoms with Crippen molar-refractivity contribution in [3.05, 3.63) is 42.4 Å². The Kier molecular flexibility index (Phi) is 5.91. The zero-order valence-corrected chi connectivity index (χ0v) is 13.3. The minimum absolute atomic E-state index is 0.0160. The summed E-state index contributed by atoms with van der Waals surface area (Å²) in [5, 5.41) is 5.28. The van der Waals surface area contributed by atoms with Crippen LogP contribution in [-0.2, 0) is 16.0 Å². The first-order valence-electron chi connectivity index (χ1n) is 7.61. The number of hydrogen-bond donors (Lipinski definition) is 2. The van der Waals surface area contributed by atoms with Crippen molar-refractivity contribution >= 4 is 11.8 Å². The van der Waals surface area contributed by atoms with E-state index < -0.39 is 0 Å². The molecule has 0 unspecified atom stereocenters. The predicted octanol–water partition coefficient (Wildman–Crippen LogP) is 1.91. The number of nitrogens with one attached hydrogen (secondary N) is 2. The fourth-order valence-corrected chi connectivity index (χ4v) is 2.02. The first-order valence-corrected chi connectivity index (χ1v) is 7.61. The summed E-state index contributed by atoms with van der Waals surface area (Å²) in [6.45, 7) is 3.72. The largest absolute Gasteiger partial charge is 0.441 e. The van der Waals surface area contributed by atoms with E-state index >= 15 is 0 Å². The minimum atomic E-state index is -0.205. The Morgan fingerprint density at radius 3 is 2.61 bits per heavy atom. The van der Waals surface area contributed by atoms with Crippen LogP contribution < -0.4 is 10.6 Å². The van der Waals surface area contributed by atoms with Crippen LogP contribution >= 0.6 is 0 Å². The highest BCUT2D eigenvalue weighted by atomic mass is 16.4. The molecule has 23 heavy (non-hydrogen) atoms. The summed E-state index contributed by atoms with van der Waals surface area (Å²) in [5.41, 5.74) is 0.945. The normalized spacial score (nSPS) is 10.6. The molecule has 2 amide bonds. The molecule has 0 saturated heterocycles. The van der Waals surface area contributed by atoms with Gasteiger partial charge in [0, 0.05) is 24.4 Å². The molecule has 2 N–H and O–H groups in total. The molecule has 0 radical (unpaired) electrons. The highest BCUT2D eigenvalue weighted by Gasteiger charge is 2.10. The van der Waals surface area contributed by atoms with Gasteiger partial charge >= 0.3 is 0 Å². The zero-order valence-electron chi connectivity index (χ0n) is 13.3. The Balaban J connectivity index is 1.77. The Bertz CT molecular complexity index is 650. The molecule has 0 spiro atoms. The molecule has 0 atom stereocenters. The standard InChI is InChI=1S/C17H21N3O3/c1-12(2)20-16(22)11-18-15(21)8-9-17-19-10-14(23-17)13-6-4-3-5-7-13/h3-7,10,12H,8-9,11H2,1-2H3,(H,18,21)(H,20,22). The number of hydrogen-bond acceptors (Lipinski definition) is 4. The Morgan fingerprint density at radius 2 is 1.91 bits per heavy atom. The van der Waals surface area contributed by atoms with Crippen LogP contribution in [0, 0.1) is 0 Å². The van der Waals surface area contributed by atoms with Gasteiger partial charge in [-0.25, -0.2) is 4.98 Å². The molecule has 122 valence electrons. The van der Waals surface area contributed by atoms with Crippen LogP contribution in [0.2, 0.25) is 0 Å². The lowest BCUT2D eigenvalue weighted by Gasteiger charge is -2.08. The molecular formula is C17H21N3O3. The van der Waals surface area contributed by atoms with Crippen molar-refractivity contribution in [1.29, 1.82) is 0 Å². The molecule has 0 aliphatic carbocycles. The van der Waals surface area contributed by atoms with Gasteiger partial charge in [-0.15, -0.1) is 0 Å². The summed E-state index contributed by atoms with van der Waals surface area (Å²) in [5.74, 6) is 0.780. The number of nitrogens with zero attached hydrogens (tertiary/aromatic N) is 1. The van der Waals surface area contributed by atoms with E-state index in [1.54, 1.807) is 6.20 Å². The molecular weight excluding hydrogens is 294 g/mol. The van der Waals surface area contributed by atoms with Gasteiger partial charge in [0.2, 0.25) is 11.8 Å². The van der Waals surface area contributed by atoms with Crippen LogP contribution in [0.1, 0.15) is 26.2 Å². The van der Waals surface area contributed by atoms with E-state index in [4.69, 9.17) is 4.42 Å². The summed E-state index contributed by atoms with van der Waals surface area (Å²) in [6, 6.07) is 9.71. The fraction of sp³-hybridized carbons (Fsp3) is 0.353. The van der Waals surface area contributed by atoms with Crippen molar-refractivity contribution in [3.63, 3.8) is 0 Å². The second-order valence-electron chi connectivity index (χ2n) is 5.48. The van der Waals surface area contributed by atoms with E-state index in [1.165, 1.54) is 0 Å². The van der Waals surface area contributed by atoms with Crippen LogP contribution in [0.3, 0.4) is 0 Å². The van der Waals surface area contributed by atoms with Gasteiger partial charge in [-0.05, 0) is 13.8 Å². The summed E-state index contributed by atoms with van der Waals surface area (Å²) >= 11 is 0. The van der Waals surface area contributed by atoms with Crippen molar-refractivity contribution in [2.24, 2.45) is 0 Å². The second-order valence-corrected chi connectivity index (χ2v) is 5.48. The summed E-state index contributed by atoms with van der Waals surface area (Å²) in [6.07, 6.45) is 2.27. The van der Waals surface area contributed by atoms with Crippen molar-refractivity contribution in [3.8, 4) is 11.3 Å². The highest BCUT2D eigenvalue weighted by molar-refractivity contribution is 5.84. The number of carbonyl (C=O) groups excluding carboxylic acids is 2. The van der Waals surface area contributed by atoms with Gasteiger partial charge in [0.15, 0.2) is 11.7 Å². The molecule has 1 aromatic carbocycles. The van der Waals surface area contributed by atoms with Crippen molar-refractivity contribution in [2.75, 3.05) is 6.54 Å². The van der Waals surface area contributed by atoms with Crippen molar-refractivity contribution in [2.45, 2.75) is 32.7 Å². The molecule has 0 fully saturated rings. The maximum absolute atomic E-state index is 11.7. The average molecular weight is 315 g/mol. The quantitative estimate of drug-likeness (QED) is 0.817. The zero-order chi connectivity index (χ0) is 16.7. The van der Waals surface area contributed by atoms with E-state index in [0.29, 0.717) is 18.1 Å². The van der Waals surface area contributed by atoms with Gasteiger partial charge < -0.3 is 15.1 Å². The van der Waals surface area contributed by atoms with E-state index in [1.807, 2.05) is 44.2 Å². The molecule has 0 bridgehead atoms. The number of aromatic nitrogens is 1. The average Bonchev–Trinajstić information content (AvgIpc) is 3.00. The van der Waals surface area contributed by atoms with E-state index in [0.717, 1.165) is 5.56 Å². The summed E-state index contributed by atoms with van der Waals surface area (Å²) in [7, 11) is 0. The lowest BCUT2D eigenvalue weighted by Crippen LogP contribution is -2.39. The van der Waals surface area contributed by atoms with Gasteiger partial charge in [0.1, 0.15) is 0 Å².